The van der Waals surface area contributed by atoms with E-state index in [2.05, 4.69) is 76.7 Å². The molecule has 0 radical (unpaired) electrons. The Labute approximate surface area is 140 Å². The second-order valence-electron chi connectivity index (χ2n) is 6.22. The van der Waals surface area contributed by atoms with Gasteiger partial charge in [0.05, 0.1) is 5.69 Å². The second kappa shape index (κ2) is 5.20. The Morgan fingerprint density at radius 3 is 2.25 bits per heavy atom. The van der Waals surface area contributed by atoms with Gasteiger partial charge in [0.2, 0.25) is 0 Å². The van der Waals surface area contributed by atoms with Crippen molar-refractivity contribution >= 4 is 22.8 Å². The lowest BCUT2D eigenvalue weighted by molar-refractivity contribution is 1.41. The van der Waals surface area contributed by atoms with Gasteiger partial charge in [0.15, 0.2) is 0 Å². The van der Waals surface area contributed by atoms with E-state index in [1.54, 1.807) is 0 Å². The van der Waals surface area contributed by atoms with Crippen LogP contribution >= 0.6 is 0 Å². The molecule has 2 nitrogen and oxygen atoms in total. The molecule has 1 aliphatic rings. The minimum atomic E-state index is 0.942. The van der Waals surface area contributed by atoms with Gasteiger partial charge in [-0.05, 0) is 57.5 Å². The van der Waals surface area contributed by atoms with E-state index in [1.807, 2.05) is 12.4 Å². The van der Waals surface area contributed by atoms with Gasteiger partial charge >= 0.3 is 0 Å². The van der Waals surface area contributed by atoms with Gasteiger partial charge in [-0.2, -0.15) is 0 Å². The van der Waals surface area contributed by atoms with Crippen molar-refractivity contribution in [2.75, 3.05) is 0 Å². The van der Waals surface area contributed by atoms with Crippen molar-refractivity contribution in [1.29, 1.82) is 0 Å². The summed E-state index contributed by atoms with van der Waals surface area (Å²) in [5, 5.41) is 1.25. The summed E-state index contributed by atoms with van der Waals surface area (Å²) >= 11 is 0. The van der Waals surface area contributed by atoms with Crippen molar-refractivity contribution in [1.82, 2.24) is 4.98 Å². The highest BCUT2D eigenvalue weighted by Gasteiger charge is 2.08. The van der Waals surface area contributed by atoms with E-state index >= 15 is 0 Å². The van der Waals surface area contributed by atoms with Gasteiger partial charge < -0.3 is 4.98 Å². The van der Waals surface area contributed by atoms with Crippen LogP contribution in [0.2, 0.25) is 0 Å². The van der Waals surface area contributed by atoms with E-state index in [9.17, 15) is 0 Å². The smallest absolute Gasteiger partial charge is 0.0661 e. The maximum atomic E-state index is 4.38. The molecular formula is C22H16N2. The molecule has 1 N–H and O–H groups in total. The Kier molecular flexibility index (Phi) is 2.89. The van der Waals surface area contributed by atoms with Gasteiger partial charge in [-0.3, -0.25) is 4.99 Å². The molecule has 1 aromatic heterocycles. The van der Waals surface area contributed by atoms with Crippen LogP contribution in [0.15, 0.2) is 77.9 Å². The van der Waals surface area contributed by atoms with Crippen LogP contribution < -0.4 is 0 Å². The number of fused-ring (bicyclic) bond motifs is 2. The molecule has 0 saturated heterocycles. The molecule has 0 aliphatic carbocycles. The third kappa shape index (κ3) is 2.16. The van der Waals surface area contributed by atoms with E-state index in [0.29, 0.717) is 0 Å². The van der Waals surface area contributed by atoms with Crippen LogP contribution in [0.4, 0.5) is 5.69 Å². The minimum Gasteiger partial charge on any atom is -0.361 e. The van der Waals surface area contributed by atoms with Crippen molar-refractivity contribution in [2.24, 2.45) is 4.99 Å². The maximum Gasteiger partial charge on any atom is 0.0661 e. The Hall–Kier alpha value is -3.13. The Morgan fingerprint density at radius 2 is 1.42 bits per heavy atom. The zero-order chi connectivity index (χ0) is 15.9. The molecule has 24 heavy (non-hydrogen) atoms. The Bertz CT molecular complexity index is 1070. The van der Waals surface area contributed by atoms with Gasteiger partial charge in [-0.25, -0.2) is 0 Å². The molecule has 2 heterocycles. The topological polar surface area (TPSA) is 28.1 Å². The van der Waals surface area contributed by atoms with E-state index in [-0.39, 0.29) is 0 Å². The molecule has 5 rings (SSSR count). The van der Waals surface area contributed by atoms with Crippen LogP contribution in [-0.2, 0) is 6.42 Å². The zero-order valence-corrected chi connectivity index (χ0v) is 13.2. The molecule has 0 atom stereocenters. The van der Waals surface area contributed by atoms with Crippen LogP contribution in [-0.4, -0.2) is 11.2 Å². The summed E-state index contributed by atoms with van der Waals surface area (Å²) < 4.78 is 0. The van der Waals surface area contributed by atoms with E-state index in [1.165, 1.54) is 38.7 Å². The van der Waals surface area contributed by atoms with Crippen LogP contribution in [0.3, 0.4) is 0 Å². The molecule has 0 saturated carbocycles. The lowest BCUT2D eigenvalue weighted by Crippen LogP contribution is -1.84. The summed E-state index contributed by atoms with van der Waals surface area (Å²) in [5.41, 5.74) is 8.57. The van der Waals surface area contributed by atoms with Crippen LogP contribution in [0.25, 0.3) is 33.2 Å². The standard InChI is InChI=1S/C22H16N2/c1-3-16(19-6-5-17-9-11-24-22(17)14-19)4-2-15(1)18-7-8-21-20(13-18)10-12-23-21/h1-9,11-14,24H,10H2. The SMILES string of the molecule is C1=Nc2ccc(-c3ccc(-c4ccc5cc[nH]c5c4)cc3)cc2C1. The average Bonchev–Trinajstić information content (AvgIpc) is 3.29. The van der Waals surface area contributed by atoms with Crippen molar-refractivity contribution in [3.05, 3.63) is 78.5 Å². The molecule has 4 aromatic rings. The number of rotatable bonds is 2. The fourth-order valence-electron chi connectivity index (χ4n) is 3.38. The normalized spacial score (nSPS) is 12.7. The van der Waals surface area contributed by atoms with Crippen LogP contribution in [0.1, 0.15) is 5.56 Å². The maximum absolute atomic E-state index is 4.38. The minimum absolute atomic E-state index is 0.942. The first-order valence-corrected chi connectivity index (χ1v) is 8.20. The van der Waals surface area contributed by atoms with Crippen LogP contribution in [0.5, 0.6) is 0 Å². The summed E-state index contributed by atoms with van der Waals surface area (Å²) in [6.45, 7) is 0. The molecule has 0 amide bonds. The first-order chi connectivity index (χ1) is 11.9. The quantitative estimate of drug-likeness (QED) is 0.487. The highest BCUT2D eigenvalue weighted by Crippen LogP contribution is 2.31. The highest BCUT2D eigenvalue weighted by molar-refractivity contribution is 5.85. The summed E-state index contributed by atoms with van der Waals surface area (Å²) in [7, 11) is 0. The summed E-state index contributed by atoms with van der Waals surface area (Å²) in [6.07, 6.45) is 4.90. The molecule has 0 unspecified atom stereocenters. The number of benzene rings is 3. The second-order valence-corrected chi connectivity index (χ2v) is 6.22. The first-order valence-electron chi connectivity index (χ1n) is 8.20. The van der Waals surface area contributed by atoms with Gasteiger partial charge in [0, 0.05) is 24.3 Å². The summed E-state index contributed by atoms with van der Waals surface area (Å²) in [5.74, 6) is 0. The lowest BCUT2D eigenvalue weighted by atomic mass is 9.98. The third-order valence-corrected chi connectivity index (χ3v) is 4.73. The molecule has 2 heteroatoms. The number of nitrogens with zero attached hydrogens (tertiary/aromatic N) is 1. The molecule has 3 aromatic carbocycles. The lowest BCUT2D eigenvalue weighted by Gasteiger charge is -2.07. The zero-order valence-electron chi connectivity index (χ0n) is 13.2. The van der Waals surface area contributed by atoms with Gasteiger partial charge in [-0.15, -0.1) is 0 Å². The van der Waals surface area contributed by atoms with Gasteiger partial charge in [-0.1, -0.05) is 42.5 Å². The predicted octanol–water partition coefficient (Wildman–Crippen LogP) is 5.76. The number of aliphatic imine (C=N–C) groups is 1. The monoisotopic (exact) mass is 308 g/mol. The number of hydrogen-bond donors (Lipinski definition) is 1. The van der Waals surface area contributed by atoms with Crippen LogP contribution in [0, 0.1) is 0 Å². The fraction of sp³-hybridized carbons (Fsp3) is 0.0455. The average molecular weight is 308 g/mol. The molecular weight excluding hydrogens is 292 g/mol. The molecule has 0 bridgehead atoms. The van der Waals surface area contributed by atoms with E-state index in [0.717, 1.165) is 12.1 Å². The van der Waals surface area contributed by atoms with E-state index in [4.69, 9.17) is 0 Å². The van der Waals surface area contributed by atoms with Gasteiger partial charge in [0.1, 0.15) is 0 Å². The predicted molar refractivity (Wildman–Crippen MR) is 101 cm³/mol. The van der Waals surface area contributed by atoms with Crippen molar-refractivity contribution in [3.8, 4) is 22.3 Å². The molecule has 0 fully saturated rings. The molecule has 114 valence electrons. The first kappa shape index (κ1) is 13.3. The molecule has 0 spiro atoms. The van der Waals surface area contributed by atoms with Crippen molar-refractivity contribution < 1.29 is 0 Å². The van der Waals surface area contributed by atoms with E-state index < -0.39 is 0 Å². The number of H-pyrrole nitrogens is 1. The van der Waals surface area contributed by atoms with Crippen molar-refractivity contribution in [2.45, 2.75) is 6.42 Å². The highest BCUT2D eigenvalue weighted by atomic mass is 14.7. The summed E-state index contributed by atoms with van der Waals surface area (Å²) in [4.78, 5) is 7.66. The molecule has 1 aliphatic heterocycles. The van der Waals surface area contributed by atoms with Gasteiger partial charge in [0.25, 0.3) is 0 Å². The van der Waals surface area contributed by atoms with Crippen molar-refractivity contribution in [3.63, 3.8) is 0 Å². The number of hydrogen-bond acceptors (Lipinski definition) is 1. The summed E-state index contributed by atoms with van der Waals surface area (Å²) in [6, 6.07) is 24.0. The largest absolute Gasteiger partial charge is 0.361 e. The Balaban J connectivity index is 1.50. The number of nitrogens with one attached hydrogen (secondary N) is 1. The third-order valence-electron chi connectivity index (χ3n) is 4.73. The fourth-order valence-corrected chi connectivity index (χ4v) is 3.38. The number of aromatic amines is 1. The Morgan fingerprint density at radius 1 is 0.708 bits per heavy atom. The number of aromatic nitrogens is 1.